The smallest absolute Gasteiger partial charge is 0.261 e. The third-order valence-corrected chi connectivity index (χ3v) is 4.92. The second-order valence-electron chi connectivity index (χ2n) is 2.83. The van der Waals surface area contributed by atoms with Gasteiger partial charge in [-0.25, -0.2) is 0 Å². The zero-order valence-corrected chi connectivity index (χ0v) is 12.0. The van der Waals surface area contributed by atoms with Gasteiger partial charge in [-0.05, 0) is 37.9 Å². The average molecular weight is 371 g/mol. The van der Waals surface area contributed by atoms with E-state index in [4.69, 9.17) is 10.9 Å². The minimum Gasteiger partial charge on any atom is -0.409 e. The van der Waals surface area contributed by atoms with Crippen molar-refractivity contribution in [1.82, 2.24) is 5.32 Å². The van der Waals surface area contributed by atoms with Crippen LogP contribution < -0.4 is 11.1 Å². The van der Waals surface area contributed by atoms with Crippen LogP contribution in [0.2, 0.25) is 0 Å². The maximum absolute atomic E-state index is 11.6. The fraction of sp³-hybridized carbons (Fsp3) is 0.250. The van der Waals surface area contributed by atoms with Crippen molar-refractivity contribution in [2.24, 2.45) is 10.9 Å². The summed E-state index contributed by atoms with van der Waals surface area (Å²) in [5.74, 6) is -0.0871. The van der Waals surface area contributed by atoms with Crippen LogP contribution in [0.5, 0.6) is 0 Å². The monoisotopic (exact) mass is 369 g/mol. The first-order valence-electron chi connectivity index (χ1n) is 4.24. The lowest BCUT2D eigenvalue weighted by atomic mass is 10.4. The van der Waals surface area contributed by atoms with E-state index < -0.39 is 0 Å². The molecule has 0 saturated carbocycles. The van der Waals surface area contributed by atoms with Crippen LogP contribution >= 0.6 is 43.2 Å². The average Bonchev–Trinajstić information content (AvgIpc) is 2.59. The lowest BCUT2D eigenvalue weighted by Gasteiger charge is -2.01. The molecule has 88 valence electrons. The molecule has 0 aliphatic heterocycles. The second kappa shape index (κ2) is 6.21. The van der Waals surface area contributed by atoms with E-state index in [9.17, 15) is 4.79 Å². The SMILES string of the molecule is NC(CCNC(=O)c1cc(Br)c(Br)s1)=NO. The number of carbonyl (C=O) groups is 1. The van der Waals surface area contributed by atoms with Crippen LogP contribution in [0.25, 0.3) is 0 Å². The van der Waals surface area contributed by atoms with Crippen LogP contribution in [-0.4, -0.2) is 23.5 Å². The fourth-order valence-electron chi connectivity index (χ4n) is 0.900. The van der Waals surface area contributed by atoms with Crippen LogP contribution in [0.15, 0.2) is 19.5 Å². The van der Waals surface area contributed by atoms with E-state index in [1.54, 1.807) is 6.07 Å². The van der Waals surface area contributed by atoms with Crippen molar-refractivity contribution < 1.29 is 10.0 Å². The molecule has 0 aliphatic rings. The summed E-state index contributed by atoms with van der Waals surface area (Å²) in [6, 6.07) is 1.73. The Morgan fingerprint density at radius 3 is 2.81 bits per heavy atom. The molecule has 0 fully saturated rings. The van der Waals surface area contributed by atoms with Crippen LogP contribution in [0.3, 0.4) is 0 Å². The molecule has 0 saturated heterocycles. The highest BCUT2D eigenvalue weighted by Gasteiger charge is 2.11. The molecule has 0 radical (unpaired) electrons. The number of thiophene rings is 1. The highest BCUT2D eigenvalue weighted by Crippen LogP contribution is 2.32. The Labute approximate surface area is 113 Å². The van der Waals surface area contributed by atoms with Crippen molar-refractivity contribution in [1.29, 1.82) is 0 Å². The van der Waals surface area contributed by atoms with Crippen molar-refractivity contribution >= 4 is 54.9 Å². The summed E-state index contributed by atoms with van der Waals surface area (Å²) in [7, 11) is 0. The zero-order valence-electron chi connectivity index (χ0n) is 8.04. The lowest BCUT2D eigenvalue weighted by molar-refractivity contribution is 0.0958. The first-order valence-corrected chi connectivity index (χ1v) is 6.64. The Morgan fingerprint density at radius 2 is 2.31 bits per heavy atom. The quantitative estimate of drug-likeness (QED) is 0.328. The second-order valence-corrected chi connectivity index (χ2v) is 6.05. The van der Waals surface area contributed by atoms with Gasteiger partial charge >= 0.3 is 0 Å². The number of hydrogen-bond acceptors (Lipinski definition) is 4. The molecular weight excluding hydrogens is 362 g/mol. The van der Waals surface area contributed by atoms with E-state index in [-0.39, 0.29) is 11.7 Å². The molecule has 0 aromatic carbocycles. The summed E-state index contributed by atoms with van der Waals surface area (Å²) in [5, 5.41) is 13.8. The molecule has 4 N–H and O–H groups in total. The molecule has 1 heterocycles. The highest BCUT2D eigenvalue weighted by molar-refractivity contribution is 9.13. The molecule has 1 amide bonds. The molecular formula is C8H9Br2N3O2S. The number of amidine groups is 1. The number of nitrogens with two attached hydrogens (primary N) is 1. The molecule has 1 aromatic rings. The lowest BCUT2D eigenvalue weighted by Crippen LogP contribution is -2.27. The van der Waals surface area contributed by atoms with E-state index in [1.165, 1.54) is 11.3 Å². The van der Waals surface area contributed by atoms with Gasteiger partial charge < -0.3 is 16.3 Å². The van der Waals surface area contributed by atoms with Gasteiger partial charge in [0.15, 0.2) is 0 Å². The van der Waals surface area contributed by atoms with Crippen LogP contribution in [0.1, 0.15) is 16.1 Å². The van der Waals surface area contributed by atoms with Crippen molar-refractivity contribution in [3.63, 3.8) is 0 Å². The molecule has 16 heavy (non-hydrogen) atoms. The Balaban J connectivity index is 2.47. The van der Waals surface area contributed by atoms with Crippen LogP contribution in [0.4, 0.5) is 0 Å². The predicted octanol–water partition coefficient (Wildman–Crippen LogP) is 2.14. The standard InChI is InChI=1S/C8H9Br2N3O2S/c9-4-3-5(16-7(4)10)8(14)12-2-1-6(11)13-15/h3,15H,1-2H2,(H2,11,13)(H,12,14). The minimum absolute atomic E-state index is 0.0915. The van der Waals surface area contributed by atoms with Crippen molar-refractivity contribution in [3.8, 4) is 0 Å². The zero-order chi connectivity index (χ0) is 12.1. The summed E-state index contributed by atoms with van der Waals surface area (Å²) in [6.07, 6.45) is 0.315. The van der Waals surface area contributed by atoms with Crippen LogP contribution in [-0.2, 0) is 0 Å². The molecule has 0 atom stereocenters. The highest BCUT2D eigenvalue weighted by atomic mass is 79.9. The van der Waals surface area contributed by atoms with Crippen molar-refractivity contribution in [2.45, 2.75) is 6.42 Å². The van der Waals surface area contributed by atoms with Crippen LogP contribution in [0, 0.1) is 0 Å². The first-order chi connectivity index (χ1) is 7.54. The Kier molecular flexibility index (Phi) is 5.23. The van der Waals surface area contributed by atoms with Crippen molar-refractivity contribution in [2.75, 3.05) is 6.54 Å². The number of oxime groups is 1. The third-order valence-electron chi connectivity index (χ3n) is 1.66. The Hall–Kier alpha value is -0.600. The number of carbonyl (C=O) groups excluding carboxylic acids is 1. The normalized spacial score (nSPS) is 11.5. The minimum atomic E-state index is -0.179. The maximum atomic E-state index is 11.6. The number of halogens is 2. The molecule has 1 aromatic heterocycles. The topological polar surface area (TPSA) is 87.7 Å². The summed E-state index contributed by atoms with van der Waals surface area (Å²) in [4.78, 5) is 12.2. The van der Waals surface area contributed by atoms with E-state index in [1.807, 2.05) is 0 Å². The van der Waals surface area contributed by atoms with Gasteiger partial charge in [0, 0.05) is 17.4 Å². The third kappa shape index (κ3) is 3.76. The summed E-state index contributed by atoms with van der Waals surface area (Å²) < 4.78 is 1.72. The number of nitrogens with one attached hydrogen (secondary N) is 1. The Bertz CT molecular complexity index is 400. The van der Waals surface area contributed by atoms with Gasteiger partial charge in [-0.2, -0.15) is 0 Å². The van der Waals surface area contributed by atoms with Gasteiger partial charge in [0.25, 0.3) is 5.91 Å². The maximum Gasteiger partial charge on any atom is 0.261 e. The van der Waals surface area contributed by atoms with E-state index in [0.29, 0.717) is 17.8 Å². The molecule has 0 bridgehead atoms. The van der Waals surface area contributed by atoms with Gasteiger partial charge in [-0.1, -0.05) is 5.16 Å². The summed E-state index contributed by atoms with van der Waals surface area (Å²) >= 11 is 7.94. The summed E-state index contributed by atoms with van der Waals surface area (Å²) in [5.41, 5.74) is 5.26. The first kappa shape index (κ1) is 13.5. The molecule has 0 aliphatic carbocycles. The molecule has 0 spiro atoms. The number of amides is 1. The molecule has 8 heteroatoms. The summed E-state index contributed by atoms with van der Waals surface area (Å²) in [6.45, 7) is 0.335. The molecule has 0 unspecified atom stereocenters. The number of hydrogen-bond donors (Lipinski definition) is 3. The van der Waals surface area contributed by atoms with Gasteiger partial charge in [0.2, 0.25) is 0 Å². The Morgan fingerprint density at radius 1 is 1.62 bits per heavy atom. The van der Waals surface area contributed by atoms with Gasteiger partial charge in [0.1, 0.15) is 5.84 Å². The predicted molar refractivity (Wildman–Crippen MR) is 70.1 cm³/mol. The number of nitrogens with zero attached hydrogens (tertiary/aromatic N) is 1. The molecule has 5 nitrogen and oxygen atoms in total. The van der Waals surface area contributed by atoms with Gasteiger partial charge in [-0.15, -0.1) is 11.3 Å². The van der Waals surface area contributed by atoms with E-state index in [0.717, 1.165) is 8.26 Å². The van der Waals surface area contributed by atoms with E-state index in [2.05, 4.69) is 42.3 Å². The largest absolute Gasteiger partial charge is 0.409 e. The van der Waals surface area contributed by atoms with Gasteiger partial charge in [-0.3, -0.25) is 4.79 Å². The van der Waals surface area contributed by atoms with Crippen molar-refractivity contribution in [3.05, 3.63) is 19.2 Å². The molecule has 1 rings (SSSR count). The van der Waals surface area contributed by atoms with E-state index >= 15 is 0 Å². The fourth-order valence-corrected chi connectivity index (χ4v) is 2.85. The number of rotatable bonds is 4. The van der Waals surface area contributed by atoms with Gasteiger partial charge in [0.05, 0.1) is 8.66 Å².